The second kappa shape index (κ2) is 4.90. The van der Waals surface area contributed by atoms with Crippen LogP contribution in [0.1, 0.15) is 6.42 Å². The van der Waals surface area contributed by atoms with Crippen molar-refractivity contribution in [2.45, 2.75) is 12.5 Å². The van der Waals surface area contributed by atoms with Crippen LogP contribution >= 0.6 is 12.2 Å². The van der Waals surface area contributed by atoms with E-state index in [0.717, 1.165) is 0 Å². The van der Waals surface area contributed by atoms with Crippen molar-refractivity contribution in [2.24, 2.45) is 0 Å². The maximum atomic E-state index is 11.1. The Balaban J connectivity index is 2.29. The topological polar surface area (TPSA) is 78.4 Å². The van der Waals surface area contributed by atoms with Crippen molar-refractivity contribution in [2.75, 3.05) is 24.7 Å². The fourth-order valence-electron chi connectivity index (χ4n) is 1.31. The Kier molecular flexibility index (Phi) is 4.09. The van der Waals surface area contributed by atoms with E-state index in [9.17, 15) is 8.42 Å². The van der Waals surface area contributed by atoms with Gasteiger partial charge in [-0.25, -0.2) is 8.42 Å². The number of thiocarbonyl (C=S) groups is 1. The van der Waals surface area contributed by atoms with E-state index in [0.29, 0.717) is 18.1 Å². The predicted molar refractivity (Wildman–Crippen MR) is 57.9 cm³/mol. The lowest BCUT2D eigenvalue weighted by molar-refractivity contribution is 0.300. The zero-order valence-electron chi connectivity index (χ0n) is 7.69. The Bertz CT molecular complexity index is 302. The number of hydrogen-bond donors (Lipinski definition) is 3. The molecule has 0 bridgehead atoms. The largest absolute Gasteiger partial charge is 0.395 e. The fourth-order valence-corrected chi connectivity index (χ4v) is 3.26. The summed E-state index contributed by atoms with van der Waals surface area (Å²) in [6, 6.07) is -0.0845. The summed E-state index contributed by atoms with van der Waals surface area (Å²) >= 11 is 4.90. The maximum Gasteiger partial charge on any atom is 0.166 e. The molecule has 0 aromatic heterocycles. The van der Waals surface area contributed by atoms with Gasteiger partial charge in [-0.3, -0.25) is 0 Å². The highest BCUT2D eigenvalue weighted by atomic mass is 32.2. The van der Waals surface area contributed by atoms with Crippen LogP contribution in [0.15, 0.2) is 0 Å². The van der Waals surface area contributed by atoms with E-state index in [4.69, 9.17) is 17.3 Å². The molecule has 1 rings (SSSR count). The van der Waals surface area contributed by atoms with Gasteiger partial charge in [-0.15, -0.1) is 0 Å². The monoisotopic (exact) mass is 238 g/mol. The van der Waals surface area contributed by atoms with Gasteiger partial charge >= 0.3 is 0 Å². The van der Waals surface area contributed by atoms with Gasteiger partial charge in [-0.2, -0.15) is 0 Å². The van der Waals surface area contributed by atoms with Gasteiger partial charge in [-0.1, -0.05) is 0 Å². The molecule has 1 atom stereocenters. The molecule has 14 heavy (non-hydrogen) atoms. The summed E-state index contributed by atoms with van der Waals surface area (Å²) < 4.78 is 22.2. The summed E-state index contributed by atoms with van der Waals surface area (Å²) in [4.78, 5) is 0. The van der Waals surface area contributed by atoms with Crippen LogP contribution in [0.5, 0.6) is 0 Å². The Morgan fingerprint density at radius 3 is 2.79 bits per heavy atom. The number of hydrogen-bond acceptors (Lipinski definition) is 4. The minimum atomic E-state index is -2.86. The third kappa shape index (κ3) is 3.77. The first kappa shape index (κ1) is 11.7. The zero-order chi connectivity index (χ0) is 10.6. The molecule has 0 aliphatic carbocycles. The van der Waals surface area contributed by atoms with Gasteiger partial charge in [-0.05, 0) is 18.6 Å². The number of aliphatic hydroxyl groups excluding tert-OH is 1. The first-order valence-corrected chi connectivity index (χ1v) is 6.62. The molecule has 1 heterocycles. The number of nitrogens with one attached hydrogen (secondary N) is 2. The summed E-state index contributed by atoms with van der Waals surface area (Å²) in [6.07, 6.45) is 0.600. The molecule has 0 unspecified atom stereocenters. The van der Waals surface area contributed by atoms with E-state index in [1.807, 2.05) is 0 Å². The average molecular weight is 238 g/mol. The van der Waals surface area contributed by atoms with Crippen molar-refractivity contribution >= 4 is 27.2 Å². The second-order valence-corrected chi connectivity index (χ2v) is 5.86. The summed E-state index contributed by atoms with van der Waals surface area (Å²) in [6.45, 7) is 0.385. The van der Waals surface area contributed by atoms with Gasteiger partial charge < -0.3 is 15.7 Å². The van der Waals surface area contributed by atoms with Crippen molar-refractivity contribution < 1.29 is 13.5 Å². The van der Waals surface area contributed by atoms with Crippen LogP contribution in [-0.2, 0) is 9.84 Å². The summed E-state index contributed by atoms with van der Waals surface area (Å²) in [5, 5.41) is 14.6. The van der Waals surface area contributed by atoms with Crippen LogP contribution in [0.2, 0.25) is 0 Å². The van der Waals surface area contributed by atoms with Crippen molar-refractivity contribution in [3.63, 3.8) is 0 Å². The number of sulfone groups is 1. The first-order chi connectivity index (χ1) is 6.53. The molecule has 7 heteroatoms. The molecular weight excluding hydrogens is 224 g/mol. The summed E-state index contributed by atoms with van der Waals surface area (Å²) in [7, 11) is -2.86. The molecule has 0 aromatic rings. The molecule has 0 spiro atoms. The molecule has 5 nitrogen and oxygen atoms in total. The lowest BCUT2D eigenvalue weighted by Gasteiger charge is -2.13. The third-order valence-corrected chi connectivity index (χ3v) is 4.00. The number of aliphatic hydroxyl groups is 1. The average Bonchev–Trinajstić information content (AvgIpc) is 2.42. The molecule has 0 aromatic carbocycles. The summed E-state index contributed by atoms with van der Waals surface area (Å²) in [5.74, 6) is 0.376. The highest BCUT2D eigenvalue weighted by Crippen LogP contribution is 2.10. The minimum Gasteiger partial charge on any atom is -0.395 e. The minimum absolute atomic E-state index is 0.00475. The molecular formula is C7H14N2O3S2. The van der Waals surface area contributed by atoms with Crippen LogP contribution in [0.25, 0.3) is 0 Å². The highest BCUT2D eigenvalue weighted by Gasteiger charge is 2.27. The van der Waals surface area contributed by atoms with E-state index >= 15 is 0 Å². The van der Waals surface area contributed by atoms with Gasteiger partial charge in [0.15, 0.2) is 14.9 Å². The van der Waals surface area contributed by atoms with Gasteiger partial charge in [0.25, 0.3) is 0 Å². The van der Waals surface area contributed by atoms with Crippen LogP contribution in [0, 0.1) is 0 Å². The van der Waals surface area contributed by atoms with Gasteiger partial charge in [0.05, 0.1) is 18.1 Å². The Morgan fingerprint density at radius 1 is 1.57 bits per heavy atom. The van der Waals surface area contributed by atoms with Crippen LogP contribution in [-0.4, -0.2) is 49.3 Å². The molecule has 1 aliphatic heterocycles. The Morgan fingerprint density at radius 2 is 2.29 bits per heavy atom. The van der Waals surface area contributed by atoms with Crippen molar-refractivity contribution in [3.8, 4) is 0 Å². The zero-order valence-corrected chi connectivity index (χ0v) is 9.33. The van der Waals surface area contributed by atoms with Crippen molar-refractivity contribution in [3.05, 3.63) is 0 Å². The van der Waals surface area contributed by atoms with Crippen LogP contribution in [0.4, 0.5) is 0 Å². The lowest BCUT2D eigenvalue weighted by atomic mass is 10.3. The van der Waals surface area contributed by atoms with Gasteiger partial charge in [0.1, 0.15) is 0 Å². The highest BCUT2D eigenvalue weighted by molar-refractivity contribution is 7.91. The predicted octanol–water partition coefficient (Wildman–Crippen LogP) is -1.37. The first-order valence-electron chi connectivity index (χ1n) is 4.39. The van der Waals surface area contributed by atoms with E-state index < -0.39 is 9.84 Å². The molecule has 0 saturated carbocycles. The quantitative estimate of drug-likeness (QED) is 0.527. The lowest BCUT2D eigenvalue weighted by Crippen LogP contribution is -2.43. The summed E-state index contributed by atoms with van der Waals surface area (Å²) in [5.41, 5.74) is 0. The van der Waals surface area contributed by atoms with E-state index in [1.165, 1.54) is 0 Å². The fraction of sp³-hybridized carbons (Fsp3) is 0.857. The molecule has 0 amide bonds. The van der Waals surface area contributed by atoms with Gasteiger partial charge in [0, 0.05) is 12.6 Å². The smallest absolute Gasteiger partial charge is 0.166 e. The van der Waals surface area contributed by atoms with E-state index in [-0.39, 0.29) is 24.2 Å². The van der Waals surface area contributed by atoms with Crippen molar-refractivity contribution in [1.82, 2.24) is 10.6 Å². The van der Waals surface area contributed by atoms with E-state index in [1.54, 1.807) is 0 Å². The van der Waals surface area contributed by atoms with Crippen LogP contribution < -0.4 is 10.6 Å². The second-order valence-electron chi connectivity index (χ2n) is 3.22. The van der Waals surface area contributed by atoms with Crippen LogP contribution in [0.3, 0.4) is 0 Å². The standard InChI is InChI=1S/C7H14N2O3S2/c10-3-2-8-7(13)9-6-1-4-14(11,12)5-6/h6,10H,1-5H2,(H2,8,9,13)/t6-/m1/s1. The molecule has 1 aliphatic rings. The van der Waals surface area contributed by atoms with Gasteiger partial charge in [0.2, 0.25) is 0 Å². The molecule has 0 radical (unpaired) electrons. The third-order valence-electron chi connectivity index (χ3n) is 1.97. The molecule has 3 N–H and O–H groups in total. The Hall–Kier alpha value is -0.400. The molecule has 1 fully saturated rings. The molecule has 82 valence electrons. The van der Waals surface area contributed by atoms with Crippen molar-refractivity contribution in [1.29, 1.82) is 0 Å². The molecule has 1 saturated heterocycles. The number of rotatable bonds is 3. The normalized spacial score (nSPS) is 24.5. The maximum absolute atomic E-state index is 11.1. The Labute approximate surface area is 88.8 Å². The van der Waals surface area contributed by atoms with E-state index in [2.05, 4.69) is 10.6 Å². The SMILES string of the molecule is O=S1(=O)CC[C@@H](NC(=S)NCCO)C1.